The molecular weight excluding hydrogens is 184 g/mol. The predicted molar refractivity (Wildman–Crippen MR) is 47.3 cm³/mol. The summed E-state index contributed by atoms with van der Waals surface area (Å²) in [5.41, 5.74) is -0.858. The number of amides is 4. The van der Waals surface area contributed by atoms with Gasteiger partial charge in [-0.1, -0.05) is 12.8 Å². The molecule has 0 aromatic heterocycles. The van der Waals surface area contributed by atoms with Gasteiger partial charge in [0.1, 0.15) is 5.54 Å². The van der Waals surface area contributed by atoms with Crippen LogP contribution < -0.4 is 5.32 Å². The van der Waals surface area contributed by atoms with Crippen LogP contribution >= 0.6 is 0 Å². The first-order valence-corrected chi connectivity index (χ1v) is 4.74. The highest BCUT2D eigenvalue weighted by atomic mass is 16.2. The van der Waals surface area contributed by atoms with E-state index in [1.54, 1.807) is 0 Å². The van der Waals surface area contributed by atoms with E-state index in [1.807, 2.05) is 0 Å². The molecule has 76 valence electrons. The van der Waals surface area contributed by atoms with E-state index in [0.717, 1.165) is 17.7 Å². The van der Waals surface area contributed by atoms with E-state index in [-0.39, 0.29) is 11.8 Å². The van der Waals surface area contributed by atoms with Gasteiger partial charge >= 0.3 is 6.03 Å². The van der Waals surface area contributed by atoms with Crippen LogP contribution in [-0.4, -0.2) is 28.3 Å². The van der Waals surface area contributed by atoms with Gasteiger partial charge in [0.15, 0.2) is 0 Å². The molecule has 1 aliphatic heterocycles. The van der Waals surface area contributed by atoms with E-state index in [2.05, 4.69) is 5.32 Å². The summed E-state index contributed by atoms with van der Waals surface area (Å²) >= 11 is 0. The standard InChI is InChI=1S/C9H12N2O3/c1-6(12)11-8(14)10-7(13)9(11)4-2-3-5-9/h2-5H2,1H3,(H,10,13,14). The van der Waals surface area contributed by atoms with Crippen molar-refractivity contribution >= 4 is 17.8 Å². The fraction of sp³-hybridized carbons (Fsp3) is 0.667. The van der Waals surface area contributed by atoms with Gasteiger partial charge < -0.3 is 0 Å². The van der Waals surface area contributed by atoms with Crippen molar-refractivity contribution in [3.05, 3.63) is 0 Å². The lowest BCUT2D eigenvalue weighted by molar-refractivity contribution is -0.136. The molecule has 0 radical (unpaired) electrons. The largest absolute Gasteiger partial charge is 0.331 e. The van der Waals surface area contributed by atoms with Gasteiger partial charge in [0.05, 0.1) is 0 Å². The average molecular weight is 196 g/mol. The van der Waals surface area contributed by atoms with Gasteiger partial charge in [-0.15, -0.1) is 0 Å². The fourth-order valence-electron chi connectivity index (χ4n) is 2.42. The molecule has 5 nitrogen and oxygen atoms in total. The molecule has 0 bridgehead atoms. The lowest BCUT2D eigenvalue weighted by Gasteiger charge is -2.28. The molecule has 1 saturated heterocycles. The van der Waals surface area contributed by atoms with Crippen LogP contribution in [0.1, 0.15) is 32.6 Å². The van der Waals surface area contributed by atoms with Gasteiger partial charge in [0, 0.05) is 6.92 Å². The molecule has 4 amide bonds. The second-order valence-electron chi connectivity index (χ2n) is 3.85. The number of imide groups is 2. The molecule has 14 heavy (non-hydrogen) atoms. The van der Waals surface area contributed by atoms with Crippen LogP contribution in [0, 0.1) is 0 Å². The van der Waals surface area contributed by atoms with E-state index < -0.39 is 11.6 Å². The Kier molecular flexibility index (Phi) is 1.83. The summed E-state index contributed by atoms with van der Waals surface area (Å²) < 4.78 is 0. The fourth-order valence-corrected chi connectivity index (χ4v) is 2.42. The van der Waals surface area contributed by atoms with E-state index >= 15 is 0 Å². The number of nitrogens with zero attached hydrogens (tertiary/aromatic N) is 1. The third-order valence-corrected chi connectivity index (χ3v) is 3.02. The van der Waals surface area contributed by atoms with E-state index in [9.17, 15) is 14.4 Å². The summed E-state index contributed by atoms with van der Waals surface area (Å²) in [4.78, 5) is 35.3. The Hall–Kier alpha value is -1.39. The third-order valence-electron chi connectivity index (χ3n) is 3.02. The summed E-state index contributed by atoms with van der Waals surface area (Å²) in [7, 11) is 0. The first kappa shape index (κ1) is 9.18. The molecule has 2 fully saturated rings. The third kappa shape index (κ3) is 0.981. The second kappa shape index (κ2) is 2.80. The maximum absolute atomic E-state index is 11.6. The van der Waals surface area contributed by atoms with Gasteiger partial charge in [-0.05, 0) is 12.8 Å². The number of urea groups is 1. The lowest BCUT2D eigenvalue weighted by atomic mass is 9.96. The van der Waals surface area contributed by atoms with E-state index in [4.69, 9.17) is 0 Å². The molecule has 2 aliphatic rings. The van der Waals surface area contributed by atoms with Crippen molar-refractivity contribution in [2.75, 3.05) is 0 Å². The summed E-state index contributed by atoms with van der Waals surface area (Å²) in [5, 5.41) is 2.21. The Labute approximate surface area is 81.4 Å². The smallest absolute Gasteiger partial charge is 0.275 e. The first-order valence-electron chi connectivity index (χ1n) is 4.74. The number of carbonyl (C=O) groups excluding carboxylic acids is 3. The molecule has 0 unspecified atom stereocenters. The molecule has 0 aromatic rings. The number of nitrogens with one attached hydrogen (secondary N) is 1. The minimum Gasteiger partial charge on any atom is -0.275 e. The molecule has 5 heteroatoms. The number of rotatable bonds is 0. The van der Waals surface area contributed by atoms with Gasteiger partial charge in [-0.3, -0.25) is 14.9 Å². The van der Waals surface area contributed by atoms with Crippen LogP contribution in [0.4, 0.5) is 4.79 Å². The predicted octanol–water partition coefficient (Wildman–Crippen LogP) is 0.397. The van der Waals surface area contributed by atoms with Crippen molar-refractivity contribution in [1.82, 2.24) is 10.2 Å². The summed E-state index contributed by atoms with van der Waals surface area (Å²) in [6, 6.07) is -0.565. The van der Waals surface area contributed by atoms with Crippen LogP contribution in [0.2, 0.25) is 0 Å². The molecule has 1 saturated carbocycles. The van der Waals surface area contributed by atoms with Crippen molar-refractivity contribution in [2.24, 2.45) is 0 Å². The minimum atomic E-state index is -0.858. The van der Waals surface area contributed by atoms with Crippen molar-refractivity contribution < 1.29 is 14.4 Å². The molecular formula is C9H12N2O3. The first-order chi connectivity index (χ1) is 6.58. The van der Waals surface area contributed by atoms with Gasteiger partial charge in [0.2, 0.25) is 5.91 Å². The quantitative estimate of drug-likeness (QED) is 0.570. The topological polar surface area (TPSA) is 66.5 Å². The molecule has 1 heterocycles. The Morgan fingerprint density at radius 1 is 1.36 bits per heavy atom. The zero-order chi connectivity index (χ0) is 10.3. The van der Waals surface area contributed by atoms with Crippen LogP contribution in [0.5, 0.6) is 0 Å². The maximum Gasteiger partial charge on any atom is 0.331 e. The highest BCUT2D eigenvalue weighted by molar-refractivity contribution is 6.13. The SMILES string of the molecule is CC(=O)N1C(=O)NC(=O)C12CCCC2. The second-order valence-corrected chi connectivity index (χ2v) is 3.85. The van der Waals surface area contributed by atoms with Crippen LogP contribution in [0.25, 0.3) is 0 Å². The van der Waals surface area contributed by atoms with E-state index in [0.29, 0.717) is 12.8 Å². The highest BCUT2D eigenvalue weighted by Crippen LogP contribution is 2.38. The van der Waals surface area contributed by atoms with Crippen molar-refractivity contribution in [2.45, 2.75) is 38.1 Å². The zero-order valence-electron chi connectivity index (χ0n) is 8.00. The van der Waals surface area contributed by atoms with Crippen LogP contribution in [-0.2, 0) is 9.59 Å². The number of hydrogen-bond donors (Lipinski definition) is 1. The Morgan fingerprint density at radius 3 is 2.43 bits per heavy atom. The van der Waals surface area contributed by atoms with Crippen molar-refractivity contribution in [1.29, 1.82) is 0 Å². The Morgan fingerprint density at radius 2 is 1.93 bits per heavy atom. The molecule has 2 rings (SSSR count). The molecule has 1 aliphatic carbocycles. The average Bonchev–Trinajstić information content (AvgIpc) is 2.61. The van der Waals surface area contributed by atoms with Crippen LogP contribution in [0.15, 0.2) is 0 Å². The Balaban J connectivity index is 2.41. The van der Waals surface area contributed by atoms with Crippen molar-refractivity contribution in [3.63, 3.8) is 0 Å². The maximum atomic E-state index is 11.6. The van der Waals surface area contributed by atoms with Gasteiger partial charge in [-0.25, -0.2) is 9.69 Å². The molecule has 0 aromatic carbocycles. The summed E-state index contributed by atoms with van der Waals surface area (Å²) in [5.74, 6) is -0.662. The molecule has 1 N–H and O–H groups in total. The lowest BCUT2D eigenvalue weighted by Crippen LogP contribution is -2.49. The molecule has 0 atom stereocenters. The summed E-state index contributed by atoms with van der Waals surface area (Å²) in [6.45, 7) is 1.32. The number of carbonyl (C=O) groups is 3. The van der Waals surface area contributed by atoms with Crippen molar-refractivity contribution in [3.8, 4) is 0 Å². The number of hydrogen-bond acceptors (Lipinski definition) is 3. The highest BCUT2D eigenvalue weighted by Gasteiger charge is 2.55. The molecule has 1 spiro atoms. The Bertz CT molecular complexity index is 318. The minimum absolute atomic E-state index is 0.310. The van der Waals surface area contributed by atoms with E-state index in [1.165, 1.54) is 6.92 Å². The summed E-state index contributed by atoms with van der Waals surface area (Å²) in [6.07, 6.45) is 2.99. The van der Waals surface area contributed by atoms with Gasteiger partial charge in [-0.2, -0.15) is 0 Å². The normalized spacial score (nSPS) is 24.5. The monoisotopic (exact) mass is 196 g/mol. The van der Waals surface area contributed by atoms with Gasteiger partial charge in [0.25, 0.3) is 5.91 Å². The zero-order valence-corrected chi connectivity index (χ0v) is 8.00. The van der Waals surface area contributed by atoms with Crippen LogP contribution in [0.3, 0.4) is 0 Å².